The van der Waals surface area contributed by atoms with Crippen molar-refractivity contribution in [3.8, 4) is 0 Å². The zero-order chi connectivity index (χ0) is 16.1. The molecule has 1 saturated heterocycles. The Bertz CT molecular complexity index is 641. The van der Waals surface area contributed by atoms with E-state index in [1.807, 2.05) is 25.3 Å². The molecule has 3 rings (SSSR count). The molecule has 1 aromatic heterocycles. The SMILES string of the molecule is Cc1nccn1CCCNC(=O)c1ccc(N2CCCC2)cc1. The van der Waals surface area contributed by atoms with Crippen molar-refractivity contribution in [2.24, 2.45) is 0 Å². The van der Waals surface area contributed by atoms with E-state index < -0.39 is 0 Å². The number of nitrogens with one attached hydrogen (secondary N) is 1. The van der Waals surface area contributed by atoms with Crippen LogP contribution in [0, 0.1) is 6.92 Å². The van der Waals surface area contributed by atoms with Crippen LogP contribution in [-0.4, -0.2) is 35.1 Å². The zero-order valence-corrected chi connectivity index (χ0v) is 13.7. The number of hydrogen-bond acceptors (Lipinski definition) is 3. The second kappa shape index (κ2) is 7.31. The summed E-state index contributed by atoms with van der Waals surface area (Å²) in [6, 6.07) is 7.94. The molecule has 2 aromatic rings. The standard InChI is InChI=1S/C18H24N4O/c1-15-19-10-14-21(15)13-4-9-20-18(23)16-5-7-17(8-6-16)22-11-2-3-12-22/h5-8,10,14H,2-4,9,11-13H2,1H3,(H,20,23). The van der Waals surface area contributed by atoms with E-state index in [1.165, 1.54) is 18.5 Å². The highest BCUT2D eigenvalue weighted by atomic mass is 16.1. The topological polar surface area (TPSA) is 50.2 Å². The molecular formula is C18H24N4O. The molecule has 0 bridgehead atoms. The first kappa shape index (κ1) is 15.6. The van der Waals surface area contributed by atoms with Crippen molar-refractivity contribution in [1.29, 1.82) is 0 Å². The van der Waals surface area contributed by atoms with E-state index in [0.717, 1.165) is 37.4 Å². The van der Waals surface area contributed by atoms with E-state index in [4.69, 9.17) is 0 Å². The zero-order valence-electron chi connectivity index (χ0n) is 13.7. The summed E-state index contributed by atoms with van der Waals surface area (Å²) in [5, 5.41) is 2.98. The van der Waals surface area contributed by atoms with Gasteiger partial charge in [-0.15, -0.1) is 0 Å². The fourth-order valence-corrected chi connectivity index (χ4v) is 2.99. The number of aromatic nitrogens is 2. The molecule has 1 fully saturated rings. The summed E-state index contributed by atoms with van der Waals surface area (Å²) in [5.74, 6) is 1.01. The largest absolute Gasteiger partial charge is 0.372 e. The van der Waals surface area contributed by atoms with Crippen LogP contribution in [0.3, 0.4) is 0 Å². The number of benzene rings is 1. The minimum atomic E-state index is 0.000301. The number of hydrogen-bond donors (Lipinski definition) is 1. The van der Waals surface area contributed by atoms with Gasteiger partial charge in [-0.05, 0) is 50.5 Å². The van der Waals surface area contributed by atoms with E-state index >= 15 is 0 Å². The molecule has 2 heterocycles. The first-order valence-electron chi connectivity index (χ1n) is 8.35. The summed E-state index contributed by atoms with van der Waals surface area (Å²) in [4.78, 5) is 18.7. The lowest BCUT2D eigenvalue weighted by Crippen LogP contribution is -2.25. The lowest BCUT2D eigenvalue weighted by Gasteiger charge is -2.17. The first-order chi connectivity index (χ1) is 11.2. The van der Waals surface area contributed by atoms with Crippen LogP contribution in [-0.2, 0) is 6.54 Å². The summed E-state index contributed by atoms with van der Waals surface area (Å²) in [5.41, 5.74) is 1.95. The lowest BCUT2D eigenvalue weighted by atomic mass is 10.2. The average Bonchev–Trinajstić information content (AvgIpc) is 3.23. The van der Waals surface area contributed by atoms with Crippen molar-refractivity contribution in [2.45, 2.75) is 32.7 Å². The molecule has 1 amide bonds. The fourth-order valence-electron chi connectivity index (χ4n) is 2.99. The third-order valence-corrected chi connectivity index (χ3v) is 4.39. The molecule has 0 unspecified atom stereocenters. The molecule has 5 nitrogen and oxygen atoms in total. The van der Waals surface area contributed by atoms with Gasteiger partial charge in [-0.3, -0.25) is 4.79 Å². The molecule has 0 radical (unpaired) electrons. The Morgan fingerprint density at radius 1 is 1.22 bits per heavy atom. The van der Waals surface area contributed by atoms with Crippen LogP contribution in [0.1, 0.15) is 35.4 Å². The Labute approximate surface area is 137 Å². The second-order valence-corrected chi connectivity index (χ2v) is 6.02. The number of rotatable bonds is 6. The minimum absolute atomic E-state index is 0.000301. The number of carbonyl (C=O) groups is 1. The van der Waals surface area contributed by atoms with Crippen molar-refractivity contribution in [3.05, 3.63) is 48.0 Å². The summed E-state index contributed by atoms with van der Waals surface area (Å²) in [7, 11) is 0. The van der Waals surface area contributed by atoms with Crippen molar-refractivity contribution in [1.82, 2.24) is 14.9 Å². The summed E-state index contributed by atoms with van der Waals surface area (Å²) < 4.78 is 2.09. The molecule has 5 heteroatoms. The molecule has 0 spiro atoms. The molecular weight excluding hydrogens is 288 g/mol. The maximum absolute atomic E-state index is 12.2. The van der Waals surface area contributed by atoms with Crippen LogP contribution >= 0.6 is 0 Å². The quantitative estimate of drug-likeness (QED) is 0.834. The molecule has 1 aromatic carbocycles. The monoisotopic (exact) mass is 312 g/mol. The Kier molecular flexibility index (Phi) is 4.95. The number of carbonyl (C=O) groups excluding carboxylic acids is 1. The molecule has 1 aliphatic heterocycles. The Hall–Kier alpha value is -2.30. The van der Waals surface area contributed by atoms with Gasteiger partial charge < -0.3 is 14.8 Å². The van der Waals surface area contributed by atoms with E-state index in [1.54, 1.807) is 6.20 Å². The Morgan fingerprint density at radius 3 is 2.61 bits per heavy atom. The van der Waals surface area contributed by atoms with Gasteiger partial charge in [0.15, 0.2) is 0 Å². The molecule has 1 aliphatic rings. The van der Waals surface area contributed by atoms with Gasteiger partial charge in [-0.25, -0.2) is 4.98 Å². The van der Waals surface area contributed by atoms with Crippen LogP contribution in [0.5, 0.6) is 0 Å². The fraction of sp³-hybridized carbons (Fsp3) is 0.444. The van der Waals surface area contributed by atoms with Gasteiger partial charge in [0.25, 0.3) is 5.91 Å². The molecule has 1 N–H and O–H groups in total. The van der Waals surface area contributed by atoms with Crippen molar-refractivity contribution in [2.75, 3.05) is 24.5 Å². The predicted octanol–water partition coefficient (Wildman–Crippen LogP) is 2.61. The van der Waals surface area contributed by atoms with Gasteiger partial charge in [-0.2, -0.15) is 0 Å². The highest BCUT2D eigenvalue weighted by Crippen LogP contribution is 2.20. The third kappa shape index (κ3) is 3.92. The molecule has 122 valence electrons. The van der Waals surface area contributed by atoms with Crippen molar-refractivity contribution >= 4 is 11.6 Å². The Balaban J connectivity index is 1.45. The number of anilines is 1. The van der Waals surface area contributed by atoms with E-state index in [2.05, 4.69) is 31.9 Å². The number of amides is 1. The van der Waals surface area contributed by atoms with E-state index in [9.17, 15) is 4.79 Å². The molecule has 23 heavy (non-hydrogen) atoms. The molecule has 0 aliphatic carbocycles. The highest BCUT2D eigenvalue weighted by Gasteiger charge is 2.12. The Morgan fingerprint density at radius 2 is 1.96 bits per heavy atom. The number of nitrogens with zero attached hydrogens (tertiary/aromatic N) is 3. The minimum Gasteiger partial charge on any atom is -0.372 e. The van der Waals surface area contributed by atoms with Gasteiger partial charge >= 0.3 is 0 Å². The smallest absolute Gasteiger partial charge is 0.251 e. The maximum atomic E-state index is 12.2. The van der Waals surface area contributed by atoms with E-state index in [-0.39, 0.29) is 5.91 Å². The lowest BCUT2D eigenvalue weighted by molar-refractivity contribution is 0.0953. The maximum Gasteiger partial charge on any atom is 0.251 e. The summed E-state index contributed by atoms with van der Waals surface area (Å²) in [6.45, 7) is 5.78. The third-order valence-electron chi connectivity index (χ3n) is 4.39. The average molecular weight is 312 g/mol. The summed E-state index contributed by atoms with van der Waals surface area (Å²) in [6.07, 6.45) is 7.19. The van der Waals surface area contributed by atoms with Crippen molar-refractivity contribution < 1.29 is 4.79 Å². The predicted molar refractivity (Wildman–Crippen MR) is 91.8 cm³/mol. The van der Waals surface area contributed by atoms with Crippen LogP contribution in [0.2, 0.25) is 0 Å². The van der Waals surface area contributed by atoms with Crippen molar-refractivity contribution in [3.63, 3.8) is 0 Å². The van der Waals surface area contributed by atoms with Crippen LogP contribution in [0.15, 0.2) is 36.7 Å². The van der Waals surface area contributed by atoms with Crippen LogP contribution < -0.4 is 10.2 Å². The first-order valence-corrected chi connectivity index (χ1v) is 8.35. The second-order valence-electron chi connectivity index (χ2n) is 6.02. The number of aryl methyl sites for hydroxylation is 2. The van der Waals surface area contributed by atoms with Gasteiger partial charge in [-0.1, -0.05) is 0 Å². The van der Waals surface area contributed by atoms with Gasteiger partial charge in [0, 0.05) is 49.8 Å². The highest BCUT2D eigenvalue weighted by molar-refractivity contribution is 5.94. The normalized spacial score (nSPS) is 14.2. The van der Waals surface area contributed by atoms with Gasteiger partial charge in [0.05, 0.1) is 0 Å². The van der Waals surface area contributed by atoms with Gasteiger partial charge in [0.1, 0.15) is 5.82 Å². The van der Waals surface area contributed by atoms with E-state index in [0.29, 0.717) is 6.54 Å². The number of imidazole rings is 1. The van der Waals surface area contributed by atoms with Gasteiger partial charge in [0.2, 0.25) is 0 Å². The molecule has 0 saturated carbocycles. The molecule has 0 atom stereocenters. The van der Waals surface area contributed by atoms with Crippen LogP contribution in [0.25, 0.3) is 0 Å². The summed E-state index contributed by atoms with van der Waals surface area (Å²) >= 11 is 0. The van der Waals surface area contributed by atoms with Crippen LogP contribution in [0.4, 0.5) is 5.69 Å².